The van der Waals surface area contributed by atoms with Gasteiger partial charge < -0.3 is 10.6 Å². The van der Waals surface area contributed by atoms with Gasteiger partial charge in [0.2, 0.25) is 5.91 Å². The summed E-state index contributed by atoms with van der Waals surface area (Å²) in [7, 11) is 1.97. The first kappa shape index (κ1) is 12.2. The minimum atomic E-state index is -0.406. The lowest BCUT2D eigenvalue weighted by Crippen LogP contribution is -2.28. The highest BCUT2D eigenvalue weighted by molar-refractivity contribution is 5.91. The van der Waals surface area contributed by atoms with Gasteiger partial charge in [-0.05, 0) is 25.9 Å². The number of rotatable bonds is 6. The number of nitrogens with zero attached hydrogens (tertiary/aromatic N) is 1. The molecule has 3 nitrogen and oxygen atoms in total. The Hall–Kier alpha value is -0.830. The molecule has 0 aliphatic rings. The summed E-state index contributed by atoms with van der Waals surface area (Å²) in [5.74, 6) is 0.278. The van der Waals surface area contributed by atoms with Gasteiger partial charge in [-0.2, -0.15) is 0 Å². The molecule has 0 aliphatic carbocycles. The number of hydrogen-bond acceptors (Lipinski definition) is 2. The second-order valence-electron chi connectivity index (χ2n) is 3.89. The number of likely N-dealkylation sites (N-methyl/N-ethyl adjacent to an activating group) is 1. The second-order valence-corrected chi connectivity index (χ2v) is 3.89. The SMILES string of the molecule is C=C(CN(C)CCC(C)C)C(N)=O. The maximum atomic E-state index is 10.7. The van der Waals surface area contributed by atoms with Gasteiger partial charge in [0.05, 0.1) is 0 Å². The highest BCUT2D eigenvalue weighted by atomic mass is 16.1. The Morgan fingerprint density at radius 3 is 2.46 bits per heavy atom. The summed E-state index contributed by atoms with van der Waals surface area (Å²) in [4.78, 5) is 12.7. The van der Waals surface area contributed by atoms with Crippen LogP contribution in [0.25, 0.3) is 0 Å². The largest absolute Gasteiger partial charge is 0.366 e. The van der Waals surface area contributed by atoms with Crippen molar-refractivity contribution in [2.45, 2.75) is 20.3 Å². The third-order valence-corrected chi connectivity index (χ3v) is 1.90. The van der Waals surface area contributed by atoms with Gasteiger partial charge in [0, 0.05) is 12.1 Å². The summed E-state index contributed by atoms with van der Waals surface area (Å²) in [6.07, 6.45) is 1.13. The summed E-state index contributed by atoms with van der Waals surface area (Å²) in [6.45, 7) is 9.51. The molecular formula is C10H20N2O. The Labute approximate surface area is 80.6 Å². The van der Waals surface area contributed by atoms with E-state index in [1.165, 1.54) is 0 Å². The molecule has 0 radical (unpaired) electrons. The summed E-state index contributed by atoms with van der Waals surface area (Å²) < 4.78 is 0. The summed E-state index contributed by atoms with van der Waals surface area (Å²) in [5.41, 5.74) is 5.55. The molecule has 0 aromatic rings. The van der Waals surface area contributed by atoms with Gasteiger partial charge in [0.25, 0.3) is 0 Å². The lowest BCUT2D eigenvalue weighted by atomic mass is 10.1. The van der Waals surface area contributed by atoms with Crippen LogP contribution < -0.4 is 5.73 Å². The minimum Gasteiger partial charge on any atom is -0.366 e. The third kappa shape index (κ3) is 6.34. The van der Waals surface area contributed by atoms with Crippen LogP contribution in [-0.2, 0) is 4.79 Å². The third-order valence-electron chi connectivity index (χ3n) is 1.90. The molecule has 2 N–H and O–H groups in total. The normalized spacial score (nSPS) is 10.8. The number of primary amides is 1. The summed E-state index contributed by atoms with van der Waals surface area (Å²) >= 11 is 0. The van der Waals surface area contributed by atoms with E-state index in [-0.39, 0.29) is 0 Å². The molecule has 0 spiro atoms. The van der Waals surface area contributed by atoms with Gasteiger partial charge >= 0.3 is 0 Å². The van der Waals surface area contributed by atoms with E-state index in [9.17, 15) is 4.79 Å². The number of carbonyl (C=O) groups is 1. The first-order valence-corrected chi connectivity index (χ1v) is 4.59. The van der Waals surface area contributed by atoms with Gasteiger partial charge in [-0.3, -0.25) is 4.79 Å². The fourth-order valence-corrected chi connectivity index (χ4v) is 0.961. The molecule has 1 amide bonds. The van der Waals surface area contributed by atoms with Crippen LogP contribution in [0.1, 0.15) is 20.3 Å². The first-order chi connectivity index (χ1) is 5.93. The maximum Gasteiger partial charge on any atom is 0.245 e. The van der Waals surface area contributed by atoms with E-state index >= 15 is 0 Å². The van der Waals surface area contributed by atoms with E-state index < -0.39 is 5.91 Å². The summed E-state index contributed by atoms with van der Waals surface area (Å²) in [6, 6.07) is 0. The zero-order valence-corrected chi connectivity index (χ0v) is 8.84. The smallest absolute Gasteiger partial charge is 0.245 e. The number of nitrogens with two attached hydrogens (primary N) is 1. The Kier molecular flexibility index (Phi) is 5.39. The molecule has 0 rings (SSSR count). The number of hydrogen-bond donors (Lipinski definition) is 1. The van der Waals surface area contributed by atoms with Crippen molar-refractivity contribution in [3.05, 3.63) is 12.2 Å². The molecule has 0 aliphatic heterocycles. The number of carbonyl (C=O) groups excluding carboxylic acids is 1. The van der Waals surface area contributed by atoms with Crippen LogP contribution in [0.4, 0.5) is 0 Å². The van der Waals surface area contributed by atoms with Crippen molar-refractivity contribution >= 4 is 5.91 Å². The van der Waals surface area contributed by atoms with E-state index in [2.05, 4.69) is 25.3 Å². The minimum absolute atomic E-state index is 0.406. The van der Waals surface area contributed by atoms with Crippen molar-refractivity contribution in [3.8, 4) is 0 Å². The maximum absolute atomic E-state index is 10.7. The lowest BCUT2D eigenvalue weighted by molar-refractivity contribution is -0.114. The zero-order chi connectivity index (χ0) is 10.4. The van der Waals surface area contributed by atoms with Crippen LogP contribution in [0.2, 0.25) is 0 Å². The summed E-state index contributed by atoms with van der Waals surface area (Å²) in [5, 5.41) is 0. The highest BCUT2D eigenvalue weighted by Gasteiger charge is 2.06. The molecule has 0 saturated carbocycles. The Balaban J connectivity index is 3.68. The number of amides is 1. The Bertz CT molecular complexity index is 187. The van der Waals surface area contributed by atoms with Crippen molar-refractivity contribution in [1.82, 2.24) is 4.90 Å². The van der Waals surface area contributed by atoms with Crippen molar-refractivity contribution in [3.63, 3.8) is 0 Å². The molecular weight excluding hydrogens is 164 g/mol. The fourth-order valence-electron chi connectivity index (χ4n) is 0.961. The van der Waals surface area contributed by atoms with Crippen LogP contribution in [0.15, 0.2) is 12.2 Å². The molecule has 0 heterocycles. The van der Waals surface area contributed by atoms with Crippen LogP contribution in [0, 0.1) is 5.92 Å². The molecule has 0 fully saturated rings. The van der Waals surface area contributed by atoms with E-state index in [0.29, 0.717) is 18.0 Å². The lowest BCUT2D eigenvalue weighted by Gasteiger charge is -2.17. The molecule has 0 bridgehead atoms. The van der Waals surface area contributed by atoms with Gasteiger partial charge in [0.15, 0.2) is 0 Å². The molecule has 0 atom stereocenters. The zero-order valence-electron chi connectivity index (χ0n) is 8.84. The van der Waals surface area contributed by atoms with Crippen LogP contribution >= 0.6 is 0 Å². The molecule has 3 heteroatoms. The van der Waals surface area contributed by atoms with Gasteiger partial charge in [-0.25, -0.2) is 0 Å². The molecule has 0 aromatic carbocycles. The van der Waals surface area contributed by atoms with E-state index in [1.54, 1.807) is 0 Å². The average Bonchev–Trinajstić information content (AvgIpc) is 2.00. The molecule has 76 valence electrons. The average molecular weight is 184 g/mol. The van der Waals surface area contributed by atoms with Gasteiger partial charge in [-0.1, -0.05) is 20.4 Å². The molecule has 0 aromatic heterocycles. The van der Waals surface area contributed by atoms with Crippen molar-refractivity contribution < 1.29 is 4.79 Å². The van der Waals surface area contributed by atoms with Crippen molar-refractivity contribution in [2.75, 3.05) is 20.1 Å². The molecule has 0 saturated heterocycles. The van der Waals surface area contributed by atoms with Crippen LogP contribution in [0.3, 0.4) is 0 Å². The van der Waals surface area contributed by atoms with Crippen molar-refractivity contribution in [2.24, 2.45) is 11.7 Å². The quantitative estimate of drug-likeness (QED) is 0.626. The van der Waals surface area contributed by atoms with Crippen LogP contribution in [-0.4, -0.2) is 30.9 Å². The molecule has 13 heavy (non-hydrogen) atoms. The standard InChI is InChI=1S/C10H20N2O/c1-8(2)5-6-12(4)7-9(3)10(11)13/h8H,3,5-7H2,1-2,4H3,(H2,11,13). The topological polar surface area (TPSA) is 46.3 Å². The second kappa shape index (κ2) is 5.75. The van der Waals surface area contributed by atoms with Gasteiger partial charge in [0.1, 0.15) is 0 Å². The van der Waals surface area contributed by atoms with Gasteiger partial charge in [-0.15, -0.1) is 0 Å². The fraction of sp³-hybridized carbons (Fsp3) is 0.700. The first-order valence-electron chi connectivity index (χ1n) is 4.59. The predicted octanol–water partition coefficient (Wildman–Crippen LogP) is 1.01. The van der Waals surface area contributed by atoms with Crippen molar-refractivity contribution in [1.29, 1.82) is 0 Å². The monoisotopic (exact) mass is 184 g/mol. The highest BCUT2D eigenvalue weighted by Crippen LogP contribution is 2.01. The molecule has 0 unspecified atom stereocenters. The van der Waals surface area contributed by atoms with E-state index in [4.69, 9.17) is 5.73 Å². The Morgan fingerprint density at radius 1 is 1.54 bits per heavy atom. The van der Waals surface area contributed by atoms with E-state index in [1.807, 2.05) is 7.05 Å². The van der Waals surface area contributed by atoms with Crippen LogP contribution in [0.5, 0.6) is 0 Å². The van der Waals surface area contributed by atoms with E-state index in [0.717, 1.165) is 13.0 Å². The predicted molar refractivity (Wildman–Crippen MR) is 55.3 cm³/mol. The Morgan fingerprint density at radius 2 is 2.08 bits per heavy atom.